The Labute approximate surface area is 135 Å². The van der Waals surface area contributed by atoms with E-state index in [1.54, 1.807) is 0 Å². The summed E-state index contributed by atoms with van der Waals surface area (Å²) in [5.74, 6) is -0.429. The molecule has 1 aliphatic rings. The predicted octanol–water partition coefficient (Wildman–Crippen LogP) is 1.43. The SMILES string of the molecule is Cl.Cl.NC(C(=O)NCc1ccc(F)cn1)C1CCOCC1. The summed E-state index contributed by atoms with van der Waals surface area (Å²) in [4.78, 5) is 15.8. The molecular formula is C13H20Cl2FN3O2. The summed E-state index contributed by atoms with van der Waals surface area (Å²) in [5.41, 5.74) is 6.54. The molecule has 0 aliphatic carbocycles. The summed E-state index contributed by atoms with van der Waals surface area (Å²) < 4.78 is 17.9. The van der Waals surface area contributed by atoms with E-state index in [1.807, 2.05) is 0 Å². The molecule has 1 amide bonds. The number of hydrogen-bond acceptors (Lipinski definition) is 4. The second-order valence-electron chi connectivity index (χ2n) is 4.66. The summed E-state index contributed by atoms with van der Waals surface area (Å²) in [5, 5.41) is 2.73. The Morgan fingerprint density at radius 2 is 2.10 bits per heavy atom. The van der Waals surface area contributed by atoms with Crippen molar-refractivity contribution in [3.63, 3.8) is 0 Å². The predicted molar refractivity (Wildman–Crippen MR) is 82.1 cm³/mol. The third kappa shape index (κ3) is 6.13. The number of hydrogen-bond donors (Lipinski definition) is 2. The van der Waals surface area contributed by atoms with E-state index in [4.69, 9.17) is 10.5 Å². The highest BCUT2D eigenvalue weighted by atomic mass is 35.5. The van der Waals surface area contributed by atoms with Crippen molar-refractivity contribution in [1.29, 1.82) is 0 Å². The molecule has 0 aromatic carbocycles. The Morgan fingerprint density at radius 3 is 2.67 bits per heavy atom. The second-order valence-corrected chi connectivity index (χ2v) is 4.66. The van der Waals surface area contributed by atoms with Gasteiger partial charge in [-0.2, -0.15) is 0 Å². The number of carbonyl (C=O) groups is 1. The molecular weight excluding hydrogens is 320 g/mol. The number of aromatic nitrogens is 1. The van der Waals surface area contributed by atoms with E-state index in [1.165, 1.54) is 12.1 Å². The molecule has 1 saturated heterocycles. The number of amides is 1. The van der Waals surface area contributed by atoms with Gasteiger partial charge < -0.3 is 15.8 Å². The maximum atomic E-state index is 12.7. The zero-order valence-electron chi connectivity index (χ0n) is 11.5. The molecule has 0 bridgehead atoms. The minimum Gasteiger partial charge on any atom is -0.381 e. The minimum absolute atomic E-state index is 0. The Balaban J connectivity index is 0.00000200. The number of nitrogens with one attached hydrogen (secondary N) is 1. The third-order valence-corrected chi connectivity index (χ3v) is 3.31. The van der Waals surface area contributed by atoms with E-state index in [9.17, 15) is 9.18 Å². The lowest BCUT2D eigenvalue weighted by molar-refractivity contribution is -0.124. The van der Waals surface area contributed by atoms with Crippen LogP contribution in [0.4, 0.5) is 4.39 Å². The highest BCUT2D eigenvalue weighted by molar-refractivity contribution is 5.85. The van der Waals surface area contributed by atoms with Crippen molar-refractivity contribution in [3.8, 4) is 0 Å². The number of rotatable bonds is 4. The zero-order chi connectivity index (χ0) is 13.7. The summed E-state index contributed by atoms with van der Waals surface area (Å²) >= 11 is 0. The van der Waals surface area contributed by atoms with Gasteiger partial charge in [-0.05, 0) is 30.9 Å². The maximum Gasteiger partial charge on any atom is 0.237 e. The van der Waals surface area contributed by atoms with Gasteiger partial charge in [-0.15, -0.1) is 24.8 Å². The van der Waals surface area contributed by atoms with Crippen LogP contribution >= 0.6 is 24.8 Å². The first-order valence-electron chi connectivity index (χ1n) is 6.38. The largest absolute Gasteiger partial charge is 0.381 e. The average molecular weight is 340 g/mol. The van der Waals surface area contributed by atoms with Crippen LogP contribution < -0.4 is 11.1 Å². The zero-order valence-corrected chi connectivity index (χ0v) is 13.1. The number of pyridine rings is 1. The summed E-state index contributed by atoms with van der Waals surface area (Å²) in [6.45, 7) is 1.58. The van der Waals surface area contributed by atoms with Crippen molar-refractivity contribution in [2.24, 2.45) is 11.7 Å². The van der Waals surface area contributed by atoms with Crippen molar-refractivity contribution in [1.82, 2.24) is 10.3 Å². The van der Waals surface area contributed by atoms with Crippen molar-refractivity contribution >= 4 is 30.7 Å². The van der Waals surface area contributed by atoms with Crippen LogP contribution in [-0.2, 0) is 16.1 Å². The molecule has 1 aromatic rings. The van der Waals surface area contributed by atoms with Crippen LogP contribution in [0, 0.1) is 11.7 Å². The van der Waals surface area contributed by atoms with Crippen LogP contribution in [0.15, 0.2) is 18.3 Å². The molecule has 1 fully saturated rings. The fourth-order valence-corrected chi connectivity index (χ4v) is 2.10. The van der Waals surface area contributed by atoms with Crippen molar-refractivity contribution in [2.45, 2.75) is 25.4 Å². The van der Waals surface area contributed by atoms with Crippen LogP contribution in [0.2, 0.25) is 0 Å². The monoisotopic (exact) mass is 339 g/mol. The van der Waals surface area contributed by atoms with E-state index in [-0.39, 0.29) is 43.2 Å². The highest BCUT2D eigenvalue weighted by Crippen LogP contribution is 2.17. The standard InChI is InChI=1S/C13H18FN3O2.2ClH/c14-10-1-2-11(16-7-10)8-17-13(18)12(15)9-3-5-19-6-4-9;;/h1-2,7,9,12H,3-6,8,15H2,(H,17,18);2*1H. The molecule has 0 saturated carbocycles. The number of nitrogens with zero attached hydrogens (tertiary/aromatic N) is 1. The molecule has 5 nitrogen and oxygen atoms in total. The number of halogens is 3. The van der Waals surface area contributed by atoms with Crippen LogP contribution in [0.3, 0.4) is 0 Å². The van der Waals surface area contributed by atoms with Crippen LogP contribution in [0.25, 0.3) is 0 Å². The first kappa shape index (κ1) is 20.1. The smallest absolute Gasteiger partial charge is 0.237 e. The highest BCUT2D eigenvalue weighted by Gasteiger charge is 2.26. The molecule has 21 heavy (non-hydrogen) atoms. The van der Waals surface area contributed by atoms with Crippen molar-refractivity contribution in [3.05, 3.63) is 29.8 Å². The third-order valence-electron chi connectivity index (χ3n) is 3.31. The maximum absolute atomic E-state index is 12.7. The van der Waals surface area contributed by atoms with E-state index in [0.717, 1.165) is 19.0 Å². The lowest BCUT2D eigenvalue weighted by Gasteiger charge is -2.26. The minimum atomic E-state index is -0.524. The van der Waals surface area contributed by atoms with Crippen LogP contribution in [-0.4, -0.2) is 30.1 Å². The lowest BCUT2D eigenvalue weighted by Crippen LogP contribution is -2.46. The van der Waals surface area contributed by atoms with Gasteiger partial charge in [0.25, 0.3) is 0 Å². The van der Waals surface area contributed by atoms with Crippen LogP contribution in [0.1, 0.15) is 18.5 Å². The first-order chi connectivity index (χ1) is 9.16. The molecule has 3 N–H and O–H groups in total. The fourth-order valence-electron chi connectivity index (χ4n) is 2.10. The molecule has 1 unspecified atom stereocenters. The topological polar surface area (TPSA) is 77.2 Å². The number of ether oxygens (including phenoxy) is 1. The van der Waals surface area contributed by atoms with Gasteiger partial charge in [0.15, 0.2) is 0 Å². The van der Waals surface area contributed by atoms with Crippen LogP contribution in [0.5, 0.6) is 0 Å². The van der Waals surface area contributed by atoms with Gasteiger partial charge in [0.2, 0.25) is 5.91 Å². The van der Waals surface area contributed by atoms with E-state index < -0.39 is 11.9 Å². The molecule has 120 valence electrons. The normalized spacial score (nSPS) is 16.3. The Bertz CT molecular complexity index is 428. The second kappa shape index (κ2) is 9.89. The Kier molecular flexibility index (Phi) is 9.44. The fraction of sp³-hybridized carbons (Fsp3) is 0.538. The van der Waals surface area contributed by atoms with Gasteiger partial charge in [0.1, 0.15) is 5.82 Å². The number of carbonyl (C=O) groups excluding carboxylic acids is 1. The molecule has 8 heteroatoms. The number of nitrogens with two attached hydrogens (primary N) is 1. The van der Waals surface area contributed by atoms with Crippen molar-refractivity contribution < 1.29 is 13.9 Å². The van der Waals surface area contributed by atoms with Gasteiger partial charge in [-0.25, -0.2) is 4.39 Å². The molecule has 1 atom stereocenters. The first-order valence-corrected chi connectivity index (χ1v) is 6.38. The molecule has 1 aromatic heterocycles. The molecule has 0 radical (unpaired) electrons. The van der Waals surface area contributed by atoms with E-state index in [2.05, 4.69) is 10.3 Å². The van der Waals surface area contributed by atoms with Crippen molar-refractivity contribution in [2.75, 3.05) is 13.2 Å². The van der Waals surface area contributed by atoms with E-state index >= 15 is 0 Å². The van der Waals surface area contributed by atoms with E-state index in [0.29, 0.717) is 18.9 Å². The van der Waals surface area contributed by atoms with Gasteiger partial charge in [0.05, 0.1) is 24.5 Å². The Morgan fingerprint density at radius 1 is 1.43 bits per heavy atom. The molecule has 0 spiro atoms. The lowest BCUT2D eigenvalue weighted by atomic mass is 9.92. The summed E-state index contributed by atoms with van der Waals surface area (Å²) in [6.07, 6.45) is 2.74. The summed E-state index contributed by atoms with van der Waals surface area (Å²) in [6, 6.07) is 2.33. The van der Waals surface area contributed by atoms with Gasteiger partial charge >= 0.3 is 0 Å². The molecule has 2 rings (SSSR count). The van der Waals surface area contributed by atoms with Gasteiger partial charge in [-0.1, -0.05) is 0 Å². The quantitative estimate of drug-likeness (QED) is 0.869. The molecule has 2 heterocycles. The van der Waals surface area contributed by atoms with Gasteiger partial charge in [0, 0.05) is 13.2 Å². The molecule has 1 aliphatic heterocycles. The van der Waals surface area contributed by atoms with Gasteiger partial charge in [-0.3, -0.25) is 9.78 Å². The summed E-state index contributed by atoms with van der Waals surface area (Å²) in [7, 11) is 0. The average Bonchev–Trinajstić information content (AvgIpc) is 2.46. The Hall–Kier alpha value is -0.950.